The lowest BCUT2D eigenvalue weighted by Gasteiger charge is -2.24. The summed E-state index contributed by atoms with van der Waals surface area (Å²) in [7, 11) is 0. The molecule has 1 fully saturated rings. The van der Waals surface area contributed by atoms with Crippen molar-refractivity contribution in [3.63, 3.8) is 0 Å². The minimum atomic E-state index is -0.849. The zero-order valence-electron chi connectivity index (χ0n) is 11.2. The van der Waals surface area contributed by atoms with Crippen molar-refractivity contribution >= 4 is 39.1 Å². The maximum absolute atomic E-state index is 11.7. The molecule has 0 radical (unpaired) electrons. The van der Waals surface area contributed by atoms with Crippen molar-refractivity contribution in [2.75, 3.05) is 13.1 Å². The first kappa shape index (κ1) is 19.8. The monoisotopic (exact) mass is 297 g/mol. The summed E-state index contributed by atoms with van der Waals surface area (Å²) < 4.78 is 5.19. The Labute approximate surface area is 122 Å². The van der Waals surface area contributed by atoms with Gasteiger partial charge in [-0.25, -0.2) is 4.79 Å². The molecule has 1 N–H and O–H groups in total. The normalized spacial score (nSPS) is 22.8. The molecule has 1 rings (SSSR count). The minimum Gasteiger partial charge on any atom is -0.481 e. The number of hydrogen-bond donors (Lipinski definition) is 1. The van der Waals surface area contributed by atoms with Gasteiger partial charge in [0.2, 0.25) is 0 Å². The fourth-order valence-electron chi connectivity index (χ4n) is 1.76. The molecule has 0 aromatic carbocycles. The first-order valence-corrected chi connectivity index (χ1v) is 5.41. The van der Waals surface area contributed by atoms with Crippen molar-refractivity contribution in [3.8, 4) is 0 Å². The van der Waals surface area contributed by atoms with Gasteiger partial charge < -0.3 is 14.7 Å². The number of nitrogens with zero attached hydrogens (tertiary/aromatic N) is 1. The molecule has 0 spiro atoms. The predicted molar refractivity (Wildman–Crippen MR) is 78.9 cm³/mol. The molecule has 0 unspecified atom stereocenters. The molecule has 0 aromatic rings. The van der Waals surface area contributed by atoms with E-state index in [0.29, 0.717) is 6.54 Å². The van der Waals surface area contributed by atoms with Crippen LogP contribution in [0.4, 0.5) is 4.79 Å². The summed E-state index contributed by atoms with van der Waals surface area (Å²) in [6.45, 7) is 7.90. The molecule has 0 aliphatic carbocycles. The van der Waals surface area contributed by atoms with Gasteiger partial charge in [-0.1, -0.05) is 6.92 Å². The summed E-state index contributed by atoms with van der Waals surface area (Å²) in [5.41, 5.74) is -0.540. The molecule has 0 bridgehead atoms. The van der Waals surface area contributed by atoms with Crippen LogP contribution in [0.2, 0.25) is 0 Å². The fraction of sp³-hybridized carbons (Fsp3) is 0.818. The Morgan fingerprint density at radius 3 is 2.06 bits per heavy atom. The van der Waals surface area contributed by atoms with Crippen LogP contribution in [0, 0.1) is 11.8 Å². The minimum absolute atomic E-state index is 0. The van der Waals surface area contributed by atoms with Crippen molar-refractivity contribution < 1.29 is 19.4 Å². The highest BCUT2D eigenvalue weighted by Gasteiger charge is 2.38. The molecule has 5 nitrogen and oxygen atoms in total. The van der Waals surface area contributed by atoms with E-state index in [0.717, 1.165) is 0 Å². The third-order valence-electron chi connectivity index (χ3n) is 2.58. The Kier molecular flexibility index (Phi) is 7.84. The van der Waals surface area contributed by atoms with E-state index < -0.39 is 23.6 Å². The van der Waals surface area contributed by atoms with Crippen LogP contribution in [0.25, 0.3) is 0 Å². The smallest absolute Gasteiger partial charge is 0.410 e. The molecule has 108 valence electrons. The molecule has 7 heteroatoms. The Bertz CT molecular complexity index is 304. The maximum atomic E-state index is 11.7. The van der Waals surface area contributed by atoms with Gasteiger partial charge in [-0.3, -0.25) is 4.79 Å². The topological polar surface area (TPSA) is 66.8 Å². The summed E-state index contributed by atoms with van der Waals surface area (Å²) in [5.74, 6) is -1.35. The lowest BCUT2D eigenvalue weighted by Crippen LogP contribution is -2.35. The van der Waals surface area contributed by atoms with Gasteiger partial charge in [-0.2, -0.15) is 27.0 Å². The van der Waals surface area contributed by atoms with Gasteiger partial charge in [0.05, 0.1) is 5.92 Å². The molecule has 1 saturated heterocycles. The van der Waals surface area contributed by atoms with Crippen molar-refractivity contribution in [2.24, 2.45) is 11.8 Å². The Balaban J connectivity index is 0. The number of carboxylic acids is 1. The van der Waals surface area contributed by atoms with Crippen LogP contribution in [-0.2, 0) is 9.53 Å². The molecule has 1 aliphatic rings. The lowest BCUT2D eigenvalue weighted by molar-refractivity contribution is -0.142. The number of likely N-dealkylation sites (tertiary alicyclic amines) is 1. The number of rotatable bonds is 1. The first-order chi connectivity index (χ1) is 7.20. The van der Waals surface area contributed by atoms with E-state index in [1.54, 1.807) is 20.8 Å². The van der Waals surface area contributed by atoms with Crippen molar-refractivity contribution in [1.29, 1.82) is 0 Å². The van der Waals surface area contributed by atoms with Gasteiger partial charge in [0.25, 0.3) is 0 Å². The number of carbonyl (C=O) groups excluding carboxylic acids is 1. The van der Waals surface area contributed by atoms with Crippen LogP contribution in [-0.4, -0.2) is 40.8 Å². The van der Waals surface area contributed by atoms with E-state index in [1.165, 1.54) is 4.90 Å². The van der Waals surface area contributed by atoms with Gasteiger partial charge in [-0.15, -0.1) is 0 Å². The predicted octanol–water partition coefficient (Wildman–Crippen LogP) is 1.80. The molecular weight excluding hydrogens is 274 g/mol. The standard InChI is InChI=1S/C11H19NO4.2H2S/c1-7-5-12(6-8(7)9(13)14)10(15)16-11(2,3)4;;/h7-8H,5-6H2,1-4H3,(H,13,14);2*1H2/t7-,8-;;/m1../s1. The largest absolute Gasteiger partial charge is 0.481 e. The highest BCUT2D eigenvalue weighted by atomic mass is 32.1. The summed E-state index contributed by atoms with van der Waals surface area (Å²) in [6, 6.07) is 0. The van der Waals surface area contributed by atoms with E-state index in [9.17, 15) is 9.59 Å². The molecule has 18 heavy (non-hydrogen) atoms. The van der Waals surface area contributed by atoms with E-state index in [2.05, 4.69) is 0 Å². The Morgan fingerprint density at radius 2 is 1.72 bits per heavy atom. The Morgan fingerprint density at radius 1 is 1.22 bits per heavy atom. The van der Waals surface area contributed by atoms with Crippen LogP contribution >= 0.6 is 27.0 Å². The van der Waals surface area contributed by atoms with Crippen LogP contribution in [0.3, 0.4) is 0 Å². The Hall–Kier alpha value is -0.560. The number of aliphatic carboxylic acids is 1. The zero-order valence-corrected chi connectivity index (χ0v) is 13.2. The lowest BCUT2D eigenvalue weighted by atomic mass is 9.99. The second kappa shape index (κ2) is 7.13. The van der Waals surface area contributed by atoms with Crippen molar-refractivity contribution in [2.45, 2.75) is 33.3 Å². The van der Waals surface area contributed by atoms with Crippen LogP contribution in [0.1, 0.15) is 27.7 Å². The first-order valence-electron chi connectivity index (χ1n) is 5.41. The summed E-state index contributed by atoms with van der Waals surface area (Å²) in [6.07, 6.45) is -0.428. The second-order valence-corrected chi connectivity index (χ2v) is 5.31. The highest BCUT2D eigenvalue weighted by Crippen LogP contribution is 2.24. The molecular formula is C11H23NO4S2. The van der Waals surface area contributed by atoms with Crippen LogP contribution in [0.15, 0.2) is 0 Å². The number of amides is 1. The molecule has 1 heterocycles. The number of hydrogen-bond acceptors (Lipinski definition) is 3. The average Bonchev–Trinajstić information content (AvgIpc) is 2.44. The summed E-state index contributed by atoms with van der Waals surface area (Å²) >= 11 is 0. The van der Waals surface area contributed by atoms with Crippen LogP contribution in [0.5, 0.6) is 0 Å². The number of ether oxygens (including phenoxy) is 1. The third kappa shape index (κ3) is 5.39. The molecule has 1 amide bonds. The number of carboxylic acid groups (broad SMARTS) is 1. The maximum Gasteiger partial charge on any atom is 0.410 e. The molecule has 0 aromatic heterocycles. The van der Waals surface area contributed by atoms with Crippen molar-refractivity contribution in [1.82, 2.24) is 4.90 Å². The fourth-order valence-corrected chi connectivity index (χ4v) is 1.76. The zero-order chi connectivity index (χ0) is 12.5. The van der Waals surface area contributed by atoms with Crippen LogP contribution < -0.4 is 0 Å². The van der Waals surface area contributed by atoms with E-state index in [4.69, 9.17) is 9.84 Å². The SMILES string of the molecule is C[C@@H]1CN(C(=O)OC(C)(C)C)C[C@H]1C(=O)O.S.S. The average molecular weight is 297 g/mol. The van der Waals surface area contributed by atoms with Crippen molar-refractivity contribution in [3.05, 3.63) is 0 Å². The third-order valence-corrected chi connectivity index (χ3v) is 2.58. The molecule has 2 atom stereocenters. The summed E-state index contributed by atoms with van der Waals surface area (Å²) in [5, 5.41) is 8.94. The van der Waals surface area contributed by atoms with E-state index in [1.807, 2.05) is 6.92 Å². The summed E-state index contributed by atoms with van der Waals surface area (Å²) in [4.78, 5) is 24.0. The number of carbonyl (C=O) groups is 2. The molecule has 0 saturated carbocycles. The van der Waals surface area contributed by atoms with Gasteiger partial charge in [-0.05, 0) is 26.7 Å². The van der Waals surface area contributed by atoms with Gasteiger partial charge >= 0.3 is 12.1 Å². The highest BCUT2D eigenvalue weighted by molar-refractivity contribution is 7.59. The second-order valence-electron chi connectivity index (χ2n) is 5.31. The van der Waals surface area contributed by atoms with Gasteiger partial charge in [0.15, 0.2) is 0 Å². The van der Waals surface area contributed by atoms with Gasteiger partial charge in [0.1, 0.15) is 5.60 Å². The van der Waals surface area contributed by atoms with E-state index in [-0.39, 0.29) is 39.5 Å². The van der Waals surface area contributed by atoms with Gasteiger partial charge in [0, 0.05) is 13.1 Å². The van der Waals surface area contributed by atoms with E-state index >= 15 is 0 Å². The quantitative estimate of drug-likeness (QED) is 0.801. The molecule has 1 aliphatic heterocycles.